The first-order valence-electron chi connectivity index (χ1n) is 5.92. The number of para-hydroxylation sites is 1. The Morgan fingerprint density at radius 1 is 1.27 bits per heavy atom. The van der Waals surface area contributed by atoms with Gasteiger partial charge in [0.1, 0.15) is 5.75 Å². The van der Waals surface area contributed by atoms with E-state index in [0.717, 1.165) is 12.0 Å². The maximum Gasteiger partial charge on any atom is 1.00 e. The van der Waals surface area contributed by atoms with Gasteiger partial charge < -0.3 is 13.8 Å². The Balaban J connectivity index is -0.000000452. The average molecular weight is 364 g/mol. The third-order valence-electron chi connectivity index (χ3n) is 2.75. The Bertz CT molecular complexity index is 551. The summed E-state index contributed by atoms with van der Waals surface area (Å²) in [6.07, 6.45) is 1.01. The number of hydrogen-bond donors (Lipinski definition) is 0. The number of carbonyl (C=O) groups is 1. The Morgan fingerprint density at radius 2 is 1.68 bits per heavy atom. The number of carbonyl (C=O) groups excluding carboxylic acids is 1. The van der Waals surface area contributed by atoms with Gasteiger partial charge in [-0.15, -0.1) is 9.05 Å². The molecule has 5 nitrogen and oxygen atoms in total. The van der Waals surface area contributed by atoms with Crippen molar-refractivity contribution in [1.82, 2.24) is 0 Å². The van der Waals surface area contributed by atoms with E-state index in [0.29, 0.717) is 5.75 Å². The summed E-state index contributed by atoms with van der Waals surface area (Å²) in [5, 5.41) is 0. The Hall–Kier alpha value is 0.980. The molecule has 114 valence electrons. The molecule has 0 spiro atoms. The van der Waals surface area contributed by atoms with Gasteiger partial charge in [0.2, 0.25) is 0 Å². The van der Waals surface area contributed by atoms with Crippen molar-refractivity contribution in [1.29, 1.82) is 0 Å². The molecule has 0 fully saturated rings. The predicted octanol–water partition coefficient (Wildman–Crippen LogP) is -3.70. The summed E-state index contributed by atoms with van der Waals surface area (Å²) in [5.74, 6) is 0.409. The molecule has 1 aromatic rings. The summed E-state index contributed by atoms with van der Waals surface area (Å²) in [5.41, 5.74) is 1.12. The second kappa shape index (κ2) is 12.4. The molecule has 9 heteroatoms. The first-order chi connectivity index (χ1) is 8.97. The van der Waals surface area contributed by atoms with E-state index in [2.05, 4.69) is 32.0 Å². The average Bonchev–Trinajstić information content (AvgIpc) is 2.26. The van der Waals surface area contributed by atoms with Gasteiger partial charge in [-0.3, -0.25) is 9.00 Å². The third-order valence-corrected chi connectivity index (χ3v) is 2.75. The van der Waals surface area contributed by atoms with Gasteiger partial charge >= 0.3 is 65.1 Å². The fourth-order valence-electron chi connectivity index (χ4n) is 1.46. The molecule has 0 N–H and O–H groups in total. The van der Waals surface area contributed by atoms with Gasteiger partial charge in [0.05, 0.1) is 0 Å². The quantitative estimate of drug-likeness (QED) is 0.312. The first-order valence-corrected chi connectivity index (χ1v) is 8.25. The van der Waals surface area contributed by atoms with Crippen LogP contribution in [0.15, 0.2) is 24.3 Å². The minimum absolute atomic E-state index is 0. The molecule has 0 amide bonds. The van der Waals surface area contributed by atoms with Gasteiger partial charge in [0, 0.05) is 12.5 Å². The summed E-state index contributed by atoms with van der Waals surface area (Å²) in [4.78, 5) is 11.0. The molecule has 0 aromatic heterocycles. The van der Waals surface area contributed by atoms with Crippen LogP contribution < -0.4 is 63.9 Å². The van der Waals surface area contributed by atoms with Crippen LogP contribution in [-0.4, -0.2) is 19.3 Å². The van der Waals surface area contributed by atoms with Crippen molar-refractivity contribution in [2.75, 3.05) is 0 Å². The van der Waals surface area contributed by atoms with Crippen molar-refractivity contribution in [3.63, 3.8) is 0 Å². The van der Waals surface area contributed by atoms with Crippen LogP contribution in [0.5, 0.6) is 5.75 Å². The molecular formula is C13H18Na2O5S2. The van der Waals surface area contributed by atoms with Crippen molar-refractivity contribution in [3.8, 4) is 5.75 Å². The van der Waals surface area contributed by atoms with E-state index in [1.165, 1.54) is 6.92 Å². The largest absolute Gasteiger partial charge is 1.00 e. The molecule has 0 unspecified atom stereocenters. The van der Waals surface area contributed by atoms with Crippen LogP contribution in [0.1, 0.15) is 39.7 Å². The first kappa shape index (κ1) is 27.8. The van der Waals surface area contributed by atoms with Gasteiger partial charge in [-0.2, -0.15) is 0 Å². The standard InChI is InChI=1S/C13H18O2.2Na.H2O3S2/c1-5-13(3,4)11-8-6-7-9-12(11)15-10(2)14;;;1-5(2,3)4/h6-9H,5H2,1-4H3;;;(H2,1,2,3,4)/q;2*+1;/p-2. The van der Waals surface area contributed by atoms with Crippen LogP contribution >= 0.6 is 0 Å². The number of hydrogen-bond acceptors (Lipinski definition) is 6. The number of ether oxygens (including phenoxy) is 1. The third kappa shape index (κ3) is 13.4. The Kier molecular flexibility index (Phi) is 15.6. The number of esters is 1. The van der Waals surface area contributed by atoms with Crippen molar-refractivity contribution < 1.29 is 82.0 Å². The smallest absolute Gasteiger partial charge is 0.780 e. The molecule has 0 aliphatic rings. The molecule has 0 atom stereocenters. The van der Waals surface area contributed by atoms with Crippen LogP contribution in [0.25, 0.3) is 0 Å². The molecule has 0 bridgehead atoms. The van der Waals surface area contributed by atoms with Gasteiger partial charge in [0.25, 0.3) is 0 Å². The van der Waals surface area contributed by atoms with Gasteiger partial charge in [-0.05, 0) is 29.1 Å². The zero-order valence-electron chi connectivity index (χ0n) is 13.9. The van der Waals surface area contributed by atoms with Crippen LogP contribution in [0.4, 0.5) is 0 Å². The van der Waals surface area contributed by atoms with Gasteiger partial charge in [-0.1, -0.05) is 39.0 Å². The van der Waals surface area contributed by atoms with Crippen molar-refractivity contribution in [2.24, 2.45) is 0 Å². The van der Waals surface area contributed by atoms with Crippen molar-refractivity contribution in [3.05, 3.63) is 29.8 Å². The van der Waals surface area contributed by atoms with E-state index < -0.39 is 9.05 Å². The second-order valence-corrected chi connectivity index (χ2v) is 6.78. The SMILES string of the molecule is CCC(C)(C)c1ccccc1OC(C)=O.O=S([O-])([O-])=S.[Na+].[Na+]. The number of rotatable bonds is 3. The van der Waals surface area contributed by atoms with E-state index in [9.17, 15) is 4.79 Å². The fraction of sp³-hybridized carbons (Fsp3) is 0.462. The summed E-state index contributed by atoms with van der Waals surface area (Å²) in [6.45, 7) is 7.85. The molecule has 0 saturated heterocycles. The monoisotopic (exact) mass is 364 g/mol. The maximum absolute atomic E-state index is 11.0. The van der Waals surface area contributed by atoms with Crippen molar-refractivity contribution in [2.45, 2.75) is 39.5 Å². The maximum atomic E-state index is 11.0. The molecule has 1 rings (SSSR count). The Morgan fingerprint density at radius 3 is 2.05 bits per heavy atom. The van der Waals surface area contributed by atoms with E-state index in [-0.39, 0.29) is 70.5 Å². The van der Waals surface area contributed by atoms with Crippen molar-refractivity contribution >= 4 is 26.2 Å². The van der Waals surface area contributed by atoms with Crippen LogP contribution in [0, 0.1) is 0 Å². The molecule has 1 aromatic carbocycles. The van der Waals surface area contributed by atoms with Gasteiger partial charge in [-0.25, -0.2) is 0 Å². The zero-order chi connectivity index (χ0) is 16.0. The van der Waals surface area contributed by atoms with E-state index in [4.69, 9.17) is 18.1 Å². The normalized spacial score (nSPS) is 10.3. The molecular weight excluding hydrogens is 346 g/mol. The molecule has 0 aliphatic heterocycles. The van der Waals surface area contributed by atoms with Crippen LogP contribution in [-0.2, 0) is 30.5 Å². The minimum Gasteiger partial charge on any atom is -0.780 e. The van der Waals surface area contributed by atoms with Crippen LogP contribution in [0.2, 0.25) is 0 Å². The summed E-state index contributed by atoms with van der Waals surface area (Å²) in [6, 6.07) is 7.71. The summed E-state index contributed by atoms with van der Waals surface area (Å²) >= 11 is 3.24. The topological polar surface area (TPSA) is 89.5 Å². The molecule has 0 heterocycles. The number of benzene rings is 1. The van der Waals surface area contributed by atoms with E-state index in [1.807, 2.05) is 24.3 Å². The Labute approximate surface area is 181 Å². The molecule has 22 heavy (non-hydrogen) atoms. The molecule has 0 aliphatic carbocycles. The predicted molar refractivity (Wildman–Crippen MR) is 78.1 cm³/mol. The van der Waals surface area contributed by atoms with Crippen LogP contribution in [0.3, 0.4) is 0 Å². The zero-order valence-corrected chi connectivity index (χ0v) is 19.5. The summed E-state index contributed by atoms with van der Waals surface area (Å²) < 4.78 is 31.9. The van der Waals surface area contributed by atoms with E-state index >= 15 is 0 Å². The van der Waals surface area contributed by atoms with E-state index in [1.54, 1.807) is 0 Å². The fourth-order valence-corrected chi connectivity index (χ4v) is 1.46. The molecule has 0 radical (unpaired) electrons. The van der Waals surface area contributed by atoms with Gasteiger partial charge in [0.15, 0.2) is 0 Å². The molecule has 0 saturated carbocycles. The summed E-state index contributed by atoms with van der Waals surface area (Å²) in [7, 11) is -4.33. The second-order valence-electron chi connectivity index (χ2n) is 4.74. The minimum atomic E-state index is -4.33.